The van der Waals surface area contributed by atoms with E-state index in [2.05, 4.69) is 158 Å². The van der Waals surface area contributed by atoms with Crippen molar-refractivity contribution in [3.8, 4) is 39.5 Å². The van der Waals surface area contributed by atoms with E-state index < -0.39 is 0 Å². The summed E-state index contributed by atoms with van der Waals surface area (Å²) in [4.78, 5) is 10.9. The molecule has 0 saturated carbocycles. The van der Waals surface area contributed by atoms with Gasteiger partial charge in [0, 0.05) is 27.1 Å². The number of benzene rings is 7. The van der Waals surface area contributed by atoms with Crippen molar-refractivity contribution >= 4 is 43.5 Å². The van der Waals surface area contributed by atoms with Gasteiger partial charge < -0.3 is 0 Å². The molecule has 0 spiro atoms. The molecule has 3 heteroatoms. The van der Waals surface area contributed by atoms with E-state index in [9.17, 15) is 0 Å². The second-order valence-electron chi connectivity index (χ2n) is 13.0. The fourth-order valence-corrected chi connectivity index (χ4v) is 8.14. The van der Waals surface area contributed by atoms with E-state index >= 15 is 0 Å². The summed E-state index contributed by atoms with van der Waals surface area (Å²) >= 11 is 0. The van der Waals surface area contributed by atoms with Crippen LogP contribution in [0.1, 0.15) is 25.0 Å². The van der Waals surface area contributed by atoms with E-state index in [-0.39, 0.29) is 5.41 Å². The zero-order chi connectivity index (χ0) is 30.6. The fraction of sp³-hybridized carbons (Fsp3) is 0.0698. The Kier molecular flexibility index (Phi) is 5.06. The summed E-state index contributed by atoms with van der Waals surface area (Å²) in [5, 5.41) is 6.08. The summed E-state index contributed by atoms with van der Waals surface area (Å²) in [6, 6.07) is 50.1. The number of hydrogen-bond donors (Lipinski definition) is 0. The zero-order valence-corrected chi connectivity index (χ0v) is 25.6. The highest BCUT2D eigenvalue weighted by Crippen LogP contribution is 2.54. The van der Waals surface area contributed by atoms with Gasteiger partial charge in [0.15, 0.2) is 0 Å². The van der Waals surface area contributed by atoms with Crippen LogP contribution in [0.25, 0.3) is 82.9 Å². The van der Waals surface area contributed by atoms with Gasteiger partial charge >= 0.3 is 0 Å². The van der Waals surface area contributed by atoms with Gasteiger partial charge in [-0.05, 0) is 62.4 Å². The van der Waals surface area contributed by atoms with Crippen LogP contribution >= 0.6 is 0 Å². The number of nitrogens with zero attached hydrogens (tertiary/aromatic N) is 3. The molecule has 0 N–H and O–H groups in total. The van der Waals surface area contributed by atoms with Crippen LogP contribution in [0.5, 0.6) is 0 Å². The summed E-state index contributed by atoms with van der Waals surface area (Å²) in [5.41, 5.74) is 12.8. The molecule has 0 saturated heterocycles. The van der Waals surface area contributed by atoms with E-state index in [1.807, 2.05) is 0 Å². The normalized spacial score (nSPS) is 13.6. The lowest BCUT2D eigenvalue weighted by Gasteiger charge is -2.24. The van der Waals surface area contributed by atoms with Crippen LogP contribution in [0.2, 0.25) is 0 Å². The molecular formula is C43H29N3. The van der Waals surface area contributed by atoms with E-state index in [0.717, 1.165) is 33.2 Å². The lowest BCUT2D eigenvalue weighted by atomic mass is 9.81. The average molecular weight is 588 g/mol. The van der Waals surface area contributed by atoms with E-state index in [1.54, 1.807) is 0 Å². The van der Waals surface area contributed by atoms with Crippen LogP contribution in [0.3, 0.4) is 0 Å². The van der Waals surface area contributed by atoms with Crippen LogP contribution < -0.4 is 0 Å². The maximum atomic E-state index is 5.53. The first kappa shape index (κ1) is 25.5. The Morgan fingerprint density at radius 2 is 1.26 bits per heavy atom. The Balaban J connectivity index is 1.37. The van der Waals surface area contributed by atoms with Crippen molar-refractivity contribution < 1.29 is 0 Å². The Labute approximate surface area is 266 Å². The minimum Gasteiger partial charge on any atom is -0.278 e. The van der Waals surface area contributed by atoms with Gasteiger partial charge in [-0.2, -0.15) is 0 Å². The minimum atomic E-state index is -0.197. The molecule has 46 heavy (non-hydrogen) atoms. The average Bonchev–Trinajstić information content (AvgIpc) is 3.57. The molecule has 2 heterocycles. The van der Waals surface area contributed by atoms with E-state index in [0.29, 0.717) is 5.95 Å². The molecule has 216 valence electrons. The number of hydrogen-bond acceptors (Lipinski definition) is 2. The molecule has 2 aromatic heterocycles. The summed E-state index contributed by atoms with van der Waals surface area (Å²) in [7, 11) is 0. The van der Waals surface area contributed by atoms with Crippen LogP contribution in [-0.4, -0.2) is 14.5 Å². The predicted octanol–water partition coefficient (Wildman–Crippen LogP) is 11.0. The van der Waals surface area contributed by atoms with Crippen molar-refractivity contribution in [1.82, 2.24) is 14.5 Å². The smallest absolute Gasteiger partial charge is 0.235 e. The topological polar surface area (TPSA) is 30.7 Å². The highest BCUT2D eigenvalue weighted by Gasteiger charge is 2.39. The van der Waals surface area contributed by atoms with Gasteiger partial charge in [-0.3, -0.25) is 4.57 Å². The Morgan fingerprint density at radius 1 is 0.543 bits per heavy atom. The fourth-order valence-electron chi connectivity index (χ4n) is 8.14. The van der Waals surface area contributed by atoms with E-state index in [1.165, 1.54) is 54.9 Å². The summed E-state index contributed by atoms with van der Waals surface area (Å²) < 4.78 is 2.36. The van der Waals surface area contributed by atoms with Gasteiger partial charge in [-0.1, -0.05) is 135 Å². The van der Waals surface area contributed by atoms with Crippen LogP contribution in [0.15, 0.2) is 140 Å². The van der Waals surface area contributed by atoms with Gasteiger partial charge in [0.25, 0.3) is 0 Å². The maximum absolute atomic E-state index is 5.53. The summed E-state index contributed by atoms with van der Waals surface area (Å²) in [6.07, 6.45) is 0. The third-order valence-corrected chi connectivity index (χ3v) is 10.1. The Hall–Kier alpha value is -5.80. The molecule has 10 rings (SSSR count). The molecule has 3 nitrogen and oxygen atoms in total. The predicted molar refractivity (Wildman–Crippen MR) is 191 cm³/mol. The number of para-hydroxylation sites is 1. The number of rotatable bonds is 3. The van der Waals surface area contributed by atoms with Crippen LogP contribution in [-0.2, 0) is 5.41 Å². The molecule has 1 aliphatic rings. The summed E-state index contributed by atoms with van der Waals surface area (Å²) in [5.74, 6) is 0.696. The highest BCUT2D eigenvalue weighted by molar-refractivity contribution is 6.26. The molecule has 0 amide bonds. The van der Waals surface area contributed by atoms with E-state index in [4.69, 9.17) is 9.97 Å². The number of fused-ring (bicyclic) bond motifs is 5. The Bertz CT molecular complexity index is 2660. The largest absolute Gasteiger partial charge is 0.278 e. The monoisotopic (exact) mass is 587 g/mol. The molecule has 0 aliphatic heterocycles. The van der Waals surface area contributed by atoms with Crippen molar-refractivity contribution in [3.63, 3.8) is 0 Å². The quantitative estimate of drug-likeness (QED) is 0.193. The first-order valence-corrected chi connectivity index (χ1v) is 15.9. The van der Waals surface area contributed by atoms with Gasteiger partial charge in [0.2, 0.25) is 5.95 Å². The molecule has 0 fully saturated rings. The standard InChI is InChI=1S/C43H29N3/c1-43(2)34-20-10-8-17-30(34)33-25-28-24-23-27-15-12-22-36-37(27)38(28)41(39(33)43)46(36)42-44-35-21-11-9-19-32(35)40(45-42)31-18-7-6-16-29(31)26-13-4-3-5-14-26/h3-25H,1-2H3. The third kappa shape index (κ3) is 3.32. The van der Waals surface area contributed by atoms with Gasteiger partial charge in [0.05, 0.1) is 22.2 Å². The van der Waals surface area contributed by atoms with Crippen molar-refractivity contribution in [1.29, 1.82) is 0 Å². The Morgan fingerprint density at radius 3 is 2.13 bits per heavy atom. The van der Waals surface area contributed by atoms with Gasteiger partial charge in [0.1, 0.15) is 0 Å². The van der Waals surface area contributed by atoms with Gasteiger partial charge in [-0.25, -0.2) is 9.97 Å². The minimum absolute atomic E-state index is 0.197. The highest BCUT2D eigenvalue weighted by atomic mass is 15.2. The third-order valence-electron chi connectivity index (χ3n) is 10.1. The molecule has 9 aromatic rings. The summed E-state index contributed by atoms with van der Waals surface area (Å²) in [6.45, 7) is 4.73. The SMILES string of the molecule is CC1(C)c2ccccc2-c2cc3ccc4cccc5c4c3c(c21)n5-c1nc(-c2ccccc2-c2ccccc2)c2ccccc2n1. The van der Waals surface area contributed by atoms with Gasteiger partial charge in [-0.15, -0.1) is 0 Å². The second kappa shape index (κ2) is 9.12. The molecular weight excluding hydrogens is 558 g/mol. The lowest BCUT2D eigenvalue weighted by Crippen LogP contribution is -2.17. The first-order valence-electron chi connectivity index (χ1n) is 15.9. The molecule has 0 unspecified atom stereocenters. The molecule has 0 atom stereocenters. The van der Waals surface area contributed by atoms with Crippen molar-refractivity contribution in [2.75, 3.05) is 0 Å². The molecule has 7 aromatic carbocycles. The first-order chi connectivity index (χ1) is 22.6. The zero-order valence-electron chi connectivity index (χ0n) is 25.6. The second-order valence-corrected chi connectivity index (χ2v) is 13.0. The van der Waals surface area contributed by atoms with Crippen molar-refractivity contribution in [3.05, 3.63) is 151 Å². The van der Waals surface area contributed by atoms with Crippen LogP contribution in [0, 0.1) is 0 Å². The van der Waals surface area contributed by atoms with Crippen molar-refractivity contribution in [2.24, 2.45) is 0 Å². The molecule has 0 bridgehead atoms. The molecule has 1 aliphatic carbocycles. The van der Waals surface area contributed by atoms with Crippen molar-refractivity contribution in [2.45, 2.75) is 19.3 Å². The number of aromatic nitrogens is 3. The van der Waals surface area contributed by atoms with Crippen LogP contribution in [0.4, 0.5) is 0 Å². The maximum Gasteiger partial charge on any atom is 0.235 e. The molecule has 0 radical (unpaired) electrons. The lowest BCUT2D eigenvalue weighted by molar-refractivity contribution is 0.663.